The van der Waals surface area contributed by atoms with Crippen LogP contribution in [0, 0.1) is 0 Å². The van der Waals surface area contributed by atoms with E-state index in [4.69, 9.17) is 10.8 Å². The second-order valence-corrected chi connectivity index (χ2v) is 3.45. The summed E-state index contributed by atoms with van der Waals surface area (Å²) in [5.41, 5.74) is 5.14. The van der Waals surface area contributed by atoms with Crippen molar-refractivity contribution in [2.24, 2.45) is 5.73 Å². The van der Waals surface area contributed by atoms with Crippen LogP contribution >= 0.6 is 11.8 Å². The molecule has 11 heavy (non-hydrogen) atoms. The van der Waals surface area contributed by atoms with Gasteiger partial charge >= 0.3 is 0 Å². The highest BCUT2D eigenvalue weighted by Gasteiger charge is 2.28. The normalized spacial score (nSPS) is 25.7. The fourth-order valence-corrected chi connectivity index (χ4v) is 2.34. The average Bonchev–Trinajstić information content (AvgIpc) is 2.36. The monoisotopic (exact) mass is 176 g/mol. The van der Waals surface area contributed by atoms with Gasteiger partial charge < -0.3 is 10.8 Å². The zero-order valence-corrected chi connectivity index (χ0v) is 7.01. The lowest BCUT2D eigenvalue weighted by atomic mass is 10.3. The average molecular weight is 176 g/mol. The number of primary amides is 1. The molecule has 3 N–H and O–H groups in total. The Bertz CT molecular complexity index is 154. The van der Waals surface area contributed by atoms with E-state index < -0.39 is 0 Å². The number of hydrogen-bond donors (Lipinski definition) is 2. The van der Waals surface area contributed by atoms with Gasteiger partial charge in [-0.25, -0.2) is 0 Å². The molecule has 0 radical (unpaired) electrons. The fraction of sp³-hybridized carbons (Fsp3) is 0.833. The number of carbonyl (C=O) groups excluding carboxylic acids is 1. The minimum absolute atomic E-state index is 0.0876. The second-order valence-electron chi connectivity index (χ2n) is 2.45. The molecule has 1 rings (SSSR count). The van der Waals surface area contributed by atoms with Crippen molar-refractivity contribution in [3.05, 3.63) is 0 Å². The number of aliphatic hydroxyl groups is 1. The summed E-state index contributed by atoms with van der Waals surface area (Å²) in [5.74, 6) is 1.27. The molecule has 0 aromatic rings. The molecule has 1 heterocycles. The minimum Gasteiger partial charge on any atom is -0.395 e. The first-order chi connectivity index (χ1) is 5.25. The van der Waals surface area contributed by atoms with Gasteiger partial charge in [0, 0.05) is 18.2 Å². The molecule has 0 spiro atoms. The molecule has 0 aliphatic carbocycles. The summed E-state index contributed by atoms with van der Waals surface area (Å²) in [5, 5.41) is 8.62. The second kappa shape index (κ2) is 3.94. The van der Waals surface area contributed by atoms with Crippen LogP contribution in [0.5, 0.6) is 0 Å². The summed E-state index contributed by atoms with van der Waals surface area (Å²) in [6.45, 7) is 0.630. The van der Waals surface area contributed by atoms with Crippen LogP contribution in [0.2, 0.25) is 0 Å². The Morgan fingerprint density at radius 3 is 3.09 bits per heavy atom. The number of β-amino-alcohol motifs (C(OH)–C–C–N with tert-alkyl or cyclic N) is 1. The number of amides is 1. The van der Waals surface area contributed by atoms with E-state index in [0.29, 0.717) is 6.54 Å². The molecule has 1 amide bonds. The summed E-state index contributed by atoms with van der Waals surface area (Å²) in [7, 11) is 0. The lowest BCUT2D eigenvalue weighted by molar-refractivity contribution is -0.121. The van der Waals surface area contributed by atoms with E-state index in [1.807, 2.05) is 4.90 Å². The molecule has 0 aromatic heterocycles. The molecule has 5 heteroatoms. The molecule has 0 aromatic carbocycles. The molecule has 64 valence electrons. The molecule has 1 aliphatic heterocycles. The predicted molar refractivity (Wildman–Crippen MR) is 44.1 cm³/mol. The van der Waals surface area contributed by atoms with Crippen molar-refractivity contribution in [2.75, 3.05) is 24.8 Å². The smallest absolute Gasteiger partial charge is 0.235 e. The van der Waals surface area contributed by atoms with Gasteiger partial charge in [0.15, 0.2) is 0 Å². The molecule has 1 atom stereocenters. The fourth-order valence-electron chi connectivity index (χ4n) is 1.09. The lowest BCUT2D eigenvalue weighted by Gasteiger charge is -2.18. The van der Waals surface area contributed by atoms with E-state index in [1.165, 1.54) is 0 Å². The molecule has 1 aliphatic rings. The highest BCUT2D eigenvalue weighted by molar-refractivity contribution is 7.99. The topological polar surface area (TPSA) is 66.6 Å². The number of nitrogens with two attached hydrogens (primary N) is 1. The largest absolute Gasteiger partial charge is 0.395 e. The molecular formula is C6H12N2O2S. The number of aliphatic hydroxyl groups excluding tert-OH is 1. The number of rotatable bonds is 3. The van der Waals surface area contributed by atoms with Gasteiger partial charge in [-0.2, -0.15) is 0 Å². The van der Waals surface area contributed by atoms with Crippen molar-refractivity contribution in [1.82, 2.24) is 4.90 Å². The molecule has 0 bridgehead atoms. The van der Waals surface area contributed by atoms with Gasteiger partial charge in [0.1, 0.15) is 0 Å². The van der Waals surface area contributed by atoms with Gasteiger partial charge in [0.05, 0.1) is 12.6 Å². The number of thioether (sulfide) groups is 1. The van der Waals surface area contributed by atoms with Crippen molar-refractivity contribution >= 4 is 17.7 Å². The third kappa shape index (κ3) is 2.08. The van der Waals surface area contributed by atoms with Crippen LogP contribution in [0.3, 0.4) is 0 Å². The summed E-state index contributed by atoms with van der Waals surface area (Å²) < 4.78 is 0. The summed E-state index contributed by atoms with van der Waals surface area (Å²) in [4.78, 5) is 12.7. The Balaban J connectivity index is 2.44. The lowest BCUT2D eigenvalue weighted by Crippen LogP contribution is -2.43. The zero-order chi connectivity index (χ0) is 8.27. The van der Waals surface area contributed by atoms with E-state index in [2.05, 4.69) is 0 Å². The van der Waals surface area contributed by atoms with Crippen LogP contribution in [0.15, 0.2) is 0 Å². The highest BCUT2D eigenvalue weighted by Crippen LogP contribution is 2.19. The van der Waals surface area contributed by atoms with Crippen LogP contribution < -0.4 is 5.73 Å². The third-order valence-corrected chi connectivity index (χ3v) is 2.75. The van der Waals surface area contributed by atoms with E-state index in [-0.39, 0.29) is 18.6 Å². The van der Waals surface area contributed by atoms with Crippen molar-refractivity contribution in [3.8, 4) is 0 Å². The maximum atomic E-state index is 10.8. The molecule has 1 fully saturated rings. The van der Waals surface area contributed by atoms with Crippen molar-refractivity contribution in [2.45, 2.75) is 6.04 Å². The molecule has 1 saturated heterocycles. The van der Waals surface area contributed by atoms with Crippen LogP contribution in [0.1, 0.15) is 0 Å². The Morgan fingerprint density at radius 1 is 1.82 bits per heavy atom. The number of carbonyl (C=O) groups is 1. The van der Waals surface area contributed by atoms with Gasteiger partial charge in [-0.15, -0.1) is 11.8 Å². The summed E-state index contributed by atoms with van der Waals surface area (Å²) in [6, 6.07) is -0.174. The van der Waals surface area contributed by atoms with Crippen LogP contribution in [-0.2, 0) is 4.79 Å². The molecule has 1 unspecified atom stereocenters. The zero-order valence-electron chi connectivity index (χ0n) is 6.19. The van der Waals surface area contributed by atoms with E-state index in [9.17, 15) is 4.79 Å². The maximum absolute atomic E-state index is 10.8. The summed E-state index contributed by atoms with van der Waals surface area (Å²) >= 11 is 1.67. The van der Waals surface area contributed by atoms with Crippen LogP contribution in [0.4, 0.5) is 0 Å². The van der Waals surface area contributed by atoms with Crippen molar-refractivity contribution in [3.63, 3.8) is 0 Å². The van der Waals surface area contributed by atoms with E-state index >= 15 is 0 Å². The highest BCUT2D eigenvalue weighted by atomic mass is 32.2. The quantitative estimate of drug-likeness (QED) is 0.569. The van der Waals surface area contributed by atoms with E-state index in [1.54, 1.807) is 11.8 Å². The first-order valence-electron chi connectivity index (χ1n) is 3.47. The molecular weight excluding hydrogens is 164 g/mol. The van der Waals surface area contributed by atoms with Gasteiger partial charge in [-0.05, 0) is 0 Å². The number of hydrogen-bond acceptors (Lipinski definition) is 4. The minimum atomic E-state index is -0.288. The predicted octanol–water partition coefficient (Wildman–Crippen LogP) is -1.16. The van der Waals surface area contributed by atoms with Crippen molar-refractivity contribution < 1.29 is 9.90 Å². The maximum Gasteiger partial charge on any atom is 0.235 e. The Labute approximate surface area is 69.7 Å². The number of nitrogens with zero attached hydrogens (tertiary/aromatic N) is 1. The first-order valence-corrected chi connectivity index (χ1v) is 4.63. The Hall–Kier alpha value is -0.260. The Morgan fingerprint density at radius 2 is 2.55 bits per heavy atom. The third-order valence-electron chi connectivity index (χ3n) is 1.69. The molecule has 4 nitrogen and oxygen atoms in total. The molecule has 0 saturated carbocycles. The van der Waals surface area contributed by atoms with Crippen LogP contribution in [0.25, 0.3) is 0 Å². The van der Waals surface area contributed by atoms with Gasteiger partial charge in [-0.3, -0.25) is 9.69 Å². The summed E-state index contributed by atoms with van der Waals surface area (Å²) in [6.07, 6.45) is 0. The SMILES string of the molecule is NC(=O)C1CSCN1CCO. The van der Waals surface area contributed by atoms with Gasteiger partial charge in [-0.1, -0.05) is 0 Å². The van der Waals surface area contributed by atoms with Gasteiger partial charge in [0.2, 0.25) is 5.91 Å². The standard InChI is InChI=1S/C6H12N2O2S/c7-6(10)5-3-11-4-8(5)1-2-9/h5,9H,1-4H2,(H2,7,10). The van der Waals surface area contributed by atoms with E-state index in [0.717, 1.165) is 11.6 Å². The first kappa shape index (κ1) is 8.83. The Kier molecular flexibility index (Phi) is 3.16. The van der Waals surface area contributed by atoms with Gasteiger partial charge in [0.25, 0.3) is 0 Å². The van der Waals surface area contributed by atoms with Crippen LogP contribution in [-0.4, -0.2) is 46.7 Å². The van der Waals surface area contributed by atoms with Crippen molar-refractivity contribution in [1.29, 1.82) is 0 Å².